The van der Waals surface area contributed by atoms with E-state index in [1.807, 2.05) is 30.3 Å². The summed E-state index contributed by atoms with van der Waals surface area (Å²) in [6.45, 7) is 0.888. The normalized spacial score (nSPS) is 31.0. The van der Waals surface area contributed by atoms with Crippen molar-refractivity contribution in [2.75, 3.05) is 19.8 Å². The summed E-state index contributed by atoms with van der Waals surface area (Å²) in [5, 5.41) is 40.2. The number of aliphatic hydroxyl groups is 4. The zero-order valence-electron chi connectivity index (χ0n) is 16.9. The third-order valence-electron chi connectivity index (χ3n) is 5.81. The van der Waals surface area contributed by atoms with E-state index >= 15 is 0 Å². The molecule has 0 aliphatic carbocycles. The molecule has 2 fully saturated rings. The Morgan fingerprint density at radius 1 is 1.00 bits per heavy atom. The molecule has 7 nitrogen and oxygen atoms in total. The van der Waals surface area contributed by atoms with E-state index in [1.54, 1.807) is 12.1 Å². The first-order valence-electron chi connectivity index (χ1n) is 10.4. The average Bonchev–Trinajstić information content (AvgIpc) is 3.28. The Bertz CT molecular complexity index is 867. The Balaban J connectivity index is 1.44. The predicted octanol–water partition coefficient (Wildman–Crippen LogP) is 1.61. The van der Waals surface area contributed by atoms with Crippen molar-refractivity contribution < 1.29 is 34.6 Å². The van der Waals surface area contributed by atoms with Gasteiger partial charge in [0, 0.05) is 11.4 Å². The minimum Gasteiger partial charge on any atom is -0.488 e. The molecule has 2 aliphatic heterocycles. The summed E-state index contributed by atoms with van der Waals surface area (Å²) >= 11 is 6.49. The van der Waals surface area contributed by atoms with Gasteiger partial charge < -0.3 is 34.6 Å². The SMILES string of the molecule is OC[C@@H]1O[C@@H](c2ccc(Cc3ccc(O[C@@H]4CCOC4)cc3)c(Cl)c2)[C@H](O)[C@H](O)[C@@H]1O. The first kappa shape index (κ1) is 22.5. The van der Waals surface area contributed by atoms with Gasteiger partial charge in [0.05, 0.1) is 19.8 Å². The molecule has 2 aromatic rings. The van der Waals surface area contributed by atoms with Crippen LogP contribution in [-0.2, 0) is 15.9 Å². The molecule has 2 saturated heterocycles. The fourth-order valence-corrected chi connectivity index (χ4v) is 4.22. The van der Waals surface area contributed by atoms with Crippen molar-refractivity contribution in [2.45, 2.75) is 49.5 Å². The Kier molecular flexibility index (Phi) is 7.13. The third kappa shape index (κ3) is 5.04. The molecule has 4 N–H and O–H groups in total. The maximum absolute atomic E-state index is 10.3. The zero-order valence-corrected chi connectivity index (χ0v) is 17.7. The fourth-order valence-electron chi connectivity index (χ4n) is 3.97. The second-order valence-corrected chi connectivity index (χ2v) is 8.43. The quantitative estimate of drug-likeness (QED) is 0.529. The molecule has 8 heteroatoms. The van der Waals surface area contributed by atoms with Gasteiger partial charge in [-0.15, -0.1) is 0 Å². The minimum atomic E-state index is -1.43. The molecule has 0 aromatic heterocycles. The molecule has 0 unspecified atom stereocenters. The van der Waals surface area contributed by atoms with E-state index in [0.717, 1.165) is 29.9 Å². The molecular formula is C23H27ClO7. The van der Waals surface area contributed by atoms with Gasteiger partial charge in [-0.25, -0.2) is 0 Å². The lowest BCUT2D eigenvalue weighted by molar-refractivity contribution is -0.231. The van der Waals surface area contributed by atoms with Gasteiger partial charge in [-0.3, -0.25) is 0 Å². The molecule has 0 saturated carbocycles. The van der Waals surface area contributed by atoms with Crippen molar-refractivity contribution in [1.29, 1.82) is 0 Å². The van der Waals surface area contributed by atoms with Crippen LogP contribution in [0.2, 0.25) is 5.02 Å². The number of rotatable bonds is 6. The van der Waals surface area contributed by atoms with Crippen LogP contribution >= 0.6 is 11.6 Å². The summed E-state index contributed by atoms with van der Waals surface area (Å²) < 4.78 is 16.8. The number of ether oxygens (including phenoxy) is 3. The molecule has 0 radical (unpaired) electrons. The summed E-state index contributed by atoms with van der Waals surface area (Å²) in [4.78, 5) is 0. The lowest BCUT2D eigenvalue weighted by Crippen LogP contribution is -2.55. The van der Waals surface area contributed by atoms with E-state index in [9.17, 15) is 20.4 Å². The Hall–Kier alpha value is -1.71. The van der Waals surface area contributed by atoms with Crippen LogP contribution in [0.1, 0.15) is 29.2 Å². The molecule has 0 spiro atoms. The highest BCUT2D eigenvalue weighted by Crippen LogP contribution is 2.34. The van der Waals surface area contributed by atoms with Crippen LogP contribution in [0.25, 0.3) is 0 Å². The van der Waals surface area contributed by atoms with Gasteiger partial charge in [-0.1, -0.05) is 35.9 Å². The lowest BCUT2D eigenvalue weighted by Gasteiger charge is -2.40. The average molecular weight is 451 g/mol. The number of halogens is 1. The molecule has 6 atom stereocenters. The van der Waals surface area contributed by atoms with Crippen molar-refractivity contribution in [1.82, 2.24) is 0 Å². The Morgan fingerprint density at radius 2 is 1.77 bits per heavy atom. The summed E-state index contributed by atoms with van der Waals surface area (Å²) in [6.07, 6.45) is -4.40. The van der Waals surface area contributed by atoms with Crippen molar-refractivity contribution in [2.24, 2.45) is 0 Å². The number of hydrogen-bond donors (Lipinski definition) is 4. The maximum atomic E-state index is 10.3. The summed E-state index contributed by atoms with van der Waals surface area (Å²) in [5.41, 5.74) is 2.53. The molecule has 0 bridgehead atoms. The van der Waals surface area contributed by atoms with Crippen LogP contribution in [0.5, 0.6) is 5.75 Å². The monoisotopic (exact) mass is 450 g/mol. The Labute approximate surface area is 185 Å². The van der Waals surface area contributed by atoms with E-state index in [1.165, 1.54) is 0 Å². The third-order valence-corrected chi connectivity index (χ3v) is 6.16. The van der Waals surface area contributed by atoms with Crippen LogP contribution in [0, 0.1) is 0 Å². The highest BCUT2D eigenvalue weighted by atomic mass is 35.5. The predicted molar refractivity (Wildman–Crippen MR) is 113 cm³/mol. The van der Waals surface area contributed by atoms with Gasteiger partial charge >= 0.3 is 0 Å². The van der Waals surface area contributed by atoms with Crippen LogP contribution in [0.4, 0.5) is 0 Å². The van der Waals surface area contributed by atoms with Crippen molar-refractivity contribution in [3.8, 4) is 5.75 Å². The summed E-state index contributed by atoms with van der Waals surface area (Å²) in [7, 11) is 0. The zero-order chi connectivity index (χ0) is 22.0. The molecular weight excluding hydrogens is 424 g/mol. The first-order chi connectivity index (χ1) is 15.0. The van der Waals surface area contributed by atoms with E-state index in [4.69, 9.17) is 25.8 Å². The van der Waals surface area contributed by atoms with E-state index in [0.29, 0.717) is 23.6 Å². The molecule has 168 valence electrons. The number of aliphatic hydroxyl groups excluding tert-OH is 4. The van der Waals surface area contributed by atoms with Gasteiger partial charge in [0.15, 0.2) is 0 Å². The minimum absolute atomic E-state index is 0.107. The molecule has 31 heavy (non-hydrogen) atoms. The number of hydrogen-bond acceptors (Lipinski definition) is 7. The van der Waals surface area contributed by atoms with E-state index in [-0.39, 0.29) is 6.10 Å². The molecule has 4 rings (SSSR count). The summed E-state index contributed by atoms with van der Waals surface area (Å²) in [5.74, 6) is 0.809. The molecule has 2 aliphatic rings. The second kappa shape index (κ2) is 9.83. The van der Waals surface area contributed by atoms with Crippen molar-refractivity contribution >= 4 is 11.6 Å². The largest absolute Gasteiger partial charge is 0.488 e. The molecule has 0 amide bonds. The fraction of sp³-hybridized carbons (Fsp3) is 0.478. The topological polar surface area (TPSA) is 109 Å². The Morgan fingerprint density at radius 3 is 2.42 bits per heavy atom. The van der Waals surface area contributed by atoms with Gasteiger partial charge in [0.25, 0.3) is 0 Å². The summed E-state index contributed by atoms with van der Waals surface area (Å²) in [6, 6.07) is 13.2. The number of benzene rings is 2. The standard InChI is InChI=1S/C23H27ClO7/c24-18-10-15(23-22(28)21(27)20(26)19(11-25)31-23)4-3-14(18)9-13-1-5-16(6-2-13)30-17-7-8-29-12-17/h1-6,10,17,19-23,25-28H,7-9,11-12H2/t17-,19+,20-,21-,22-,23+/m1/s1. The highest BCUT2D eigenvalue weighted by Gasteiger charge is 2.44. The van der Waals surface area contributed by atoms with Gasteiger partial charge in [0.2, 0.25) is 0 Å². The second-order valence-electron chi connectivity index (χ2n) is 8.02. The maximum Gasteiger partial charge on any atom is 0.124 e. The van der Waals surface area contributed by atoms with Gasteiger partial charge in [0.1, 0.15) is 42.4 Å². The van der Waals surface area contributed by atoms with Gasteiger partial charge in [-0.05, 0) is 41.3 Å². The van der Waals surface area contributed by atoms with Gasteiger partial charge in [-0.2, -0.15) is 0 Å². The molecule has 2 heterocycles. The van der Waals surface area contributed by atoms with Crippen LogP contribution in [0.15, 0.2) is 42.5 Å². The smallest absolute Gasteiger partial charge is 0.124 e. The van der Waals surface area contributed by atoms with Crippen LogP contribution in [0.3, 0.4) is 0 Å². The first-order valence-corrected chi connectivity index (χ1v) is 10.8. The lowest BCUT2D eigenvalue weighted by atomic mass is 9.90. The highest BCUT2D eigenvalue weighted by molar-refractivity contribution is 6.31. The van der Waals surface area contributed by atoms with Crippen molar-refractivity contribution in [3.63, 3.8) is 0 Å². The van der Waals surface area contributed by atoms with Crippen molar-refractivity contribution in [3.05, 3.63) is 64.2 Å². The molecule has 2 aromatic carbocycles. The van der Waals surface area contributed by atoms with E-state index < -0.39 is 37.1 Å². The van der Waals surface area contributed by atoms with Crippen LogP contribution < -0.4 is 4.74 Å². The van der Waals surface area contributed by atoms with Crippen LogP contribution in [-0.4, -0.2) is 70.8 Å². The van der Waals surface area contributed by atoms with E-state index in [2.05, 4.69) is 0 Å².